The molecule has 0 spiro atoms. The van der Waals surface area contributed by atoms with Crippen molar-refractivity contribution in [2.45, 2.75) is 25.1 Å². The highest BCUT2D eigenvalue weighted by atomic mass is 32.2. The molecule has 0 radical (unpaired) electrons. The second-order valence-electron chi connectivity index (χ2n) is 5.48. The van der Waals surface area contributed by atoms with Gasteiger partial charge in [-0.2, -0.15) is 0 Å². The molecule has 0 amide bonds. The van der Waals surface area contributed by atoms with Gasteiger partial charge in [-0.25, -0.2) is 9.89 Å². The summed E-state index contributed by atoms with van der Waals surface area (Å²) in [4.78, 5) is 12.9. The van der Waals surface area contributed by atoms with Crippen molar-refractivity contribution in [2.24, 2.45) is 13.0 Å². The molecule has 2 heterocycles. The summed E-state index contributed by atoms with van der Waals surface area (Å²) in [5, 5.41) is 7.17. The van der Waals surface area contributed by atoms with E-state index in [1.54, 1.807) is 23.7 Å². The highest BCUT2D eigenvalue weighted by Crippen LogP contribution is 2.14. The molecule has 0 bridgehead atoms. The Morgan fingerprint density at radius 2 is 2.42 bits per heavy atom. The molecule has 0 aromatic carbocycles. The first kappa shape index (κ1) is 14.6. The zero-order valence-electron chi connectivity index (χ0n) is 11.8. The van der Waals surface area contributed by atoms with Gasteiger partial charge in [-0.05, 0) is 0 Å². The summed E-state index contributed by atoms with van der Waals surface area (Å²) in [6.07, 6.45) is 0.249. The van der Waals surface area contributed by atoms with Gasteiger partial charge >= 0.3 is 5.69 Å². The molecule has 7 heteroatoms. The molecule has 1 saturated heterocycles. The van der Waals surface area contributed by atoms with Crippen LogP contribution < -0.4 is 10.6 Å². The Balaban J connectivity index is 1.82. The van der Waals surface area contributed by atoms with Crippen molar-refractivity contribution in [3.05, 3.63) is 10.5 Å². The van der Waals surface area contributed by atoms with Gasteiger partial charge in [0.15, 0.2) is 5.16 Å². The van der Waals surface area contributed by atoms with Crippen LogP contribution in [0.3, 0.4) is 0 Å². The fraction of sp³-hybridized carbons (Fsp3) is 0.833. The van der Waals surface area contributed by atoms with E-state index in [1.807, 2.05) is 0 Å². The lowest BCUT2D eigenvalue weighted by Gasteiger charge is -2.30. The number of quaternary nitrogens is 1. The fourth-order valence-electron chi connectivity index (χ4n) is 2.35. The van der Waals surface area contributed by atoms with Gasteiger partial charge in [0.25, 0.3) is 0 Å². The van der Waals surface area contributed by atoms with Gasteiger partial charge in [-0.1, -0.05) is 25.6 Å². The van der Waals surface area contributed by atoms with Crippen LogP contribution >= 0.6 is 11.8 Å². The van der Waals surface area contributed by atoms with Crippen LogP contribution in [0.4, 0.5) is 0 Å². The molecule has 2 rings (SSSR count). The van der Waals surface area contributed by atoms with E-state index in [0.717, 1.165) is 30.6 Å². The minimum atomic E-state index is -0.167. The number of thioether (sulfide) groups is 1. The van der Waals surface area contributed by atoms with E-state index in [0.29, 0.717) is 5.92 Å². The smallest absolute Gasteiger partial charge is 0.343 e. The molecule has 1 aromatic rings. The number of nitrogens with zero attached hydrogens (tertiary/aromatic N) is 2. The van der Waals surface area contributed by atoms with Crippen LogP contribution in [-0.4, -0.2) is 52.9 Å². The third-order valence-electron chi connectivity index (χ3n) is 3.26. The molecule has 1 fully saturated rings. The second-order valence-corrected chi connectivity index (χ2v) is 6.46. The van der Waals surface area contributed by atoms with Crippen molar-refractivity contribution < 1.29 is 9.64 Å². The fourth-order valence-corrected chi connectivity index (χ4v) is 3.29. The van der Waals surface area contributed by atoms with E-state index in [2.05, 4.69) is 24.0 Å². The highest BCUT2D eigenvalue weighted by molar-refractivity contribution is 7.99. The third-order valence-corrected chi connectivity index (χ3v) is 4.42. The third kappa shape index (κ3) is 4.09. The lowest BCUT2D eigenvalue weighted by molar-refractivity contribution is -0.914. The SMILES string of the molecule is CC(C)C[NH+]1CCO[C@H](CSc2n[nH]c(=O)n2C)C1. The largest absolute Gasteiger partial charge is 0.366 e. The van der Waals surface area contributed by atoms with E-state index < -0.39 is 0 Å². The van der Waals surface area contributed by atoms with Crippen LogP contribution in [-0.2, 0) is 11.8 Å². The van der Waals surface area contributed by atoms with Crippen LogP contribution in [0, 0.1) is 5.92 Å². The first-order valence-corrected chi connectivity index (χ1v) is 7.74. The van der Waals surface area contributed by atoms with Crippen LogP contribution in [0.15, 0.2) is 9.95 Å². The number of H-pyrrole nitrogens is 1. The molecular weight excluding hydrogens is 264 g/mol. The van der Waals surface area contributed by atoms with E-state index in [-0.39, 0.29) is 11.8 Å². The predicted molar refractivity (Wildman–Crippen MR) is 74.7 cm³/mol. The Hall–Kier alpha value is -0.790. The van der Waals surface area contributed by atoms with Crippen molar-refractivity contribution in [1.82, 2.24) is 14.8 Å². The average Bonchev–Trinajstić information content (AvgIpc) is 2.67. The van der Waals surface area contributed by atoms with E-state index in [1.165, 1.54) is 11.1 Å². The normalized spacial score (nSPS) is 24.0. The highest BCUT2D eigenvalue weighted by Gasteiger charge is 2.24. The average molecular weight is 287 g/mol. The Morgan fingerprint density at radius 1 is 1.63 bits per heavy atom. The first-order chi connectivity index (χ1) is 9.06. The molecule has 6 nitrogen and oxygen atoms in total. The topological polar surface area (TPSA) is 64.3 Å². The minimum absolute atomic E-state index is 0.167. The second kappa shape index (κ2) is 6.58. The monoisotopic (exact) mass is 287 g/mol. The lowest BCUT2D eigenvalue weighted by Crippen LogP contribution is -3.15. The first-order valence-electron chi connectivity index (χ1n) is 6.75. The molecule has 108 valence electrons. The van der Waals surface area contributed by atoms with Gasteiger partial charge < -0.3 is 9.64 Å². The Bertz CT molecular complexity index is 457. The van der Waals surface area contributed by atoms with Gasteiger partial charge in [0.2, 0.25) is 0 Å². The molecule has 0 saturated carbocycles. The summed E-state index contributed by atoms with van der Waals surface area (Å²) in [6, 6.07) is 0. The van der Waals surface area contributed by atoms with Crippen LogP contribution in [0.5, 0.6) is 0 Å². The van der Waals surface area contributed by atoms with E-state index in [9.17, 15) is 4.79 Å². The summed E-state index contributed by atoms with van der Waals surface area (Å²) in [6.45, 7) is 8.68. The summed E-state index contributed by atoms with van der Waals surface area (Å²) in [7, 11) is 1.73. The molecular formula is C12H23N4O2S+. The maximum Gasteiger partial charge on any atom is 0.343 e. The maximum atomic E-state index is 11.3. The number of aromatic amines is 1. The number of hydrogen-bond donors (Lipinski definition) is 2. The molecule has 1 unspecified atom stereocenters. The van der Waals surface area contributed by atoms with Gasteiger partial charge in [-0.15, -0.1) is 5.10 Å². The van der Waals surface area contributed by atoms with Crippen molar-refractivity contribution in [3.8, 4) is 0 Å². The molecule has 1 aromatic heterocycles. The number of morpholine rings is 1. The molecule has 2 N–H and O–H groups in total. The lowest BCUT2D eigenvalue weighted by atomic mass is 10.2. The number of hydrogen-bond acceptors (Lipinski definition) is 4. The number of aromatic nitrogens is 3. The van der Waals surface area contributed by atoms with Gasteiger partial charge in [0.1, 0.15) is 19.2 Å². The summed E-state index contributed by atoms with van der Waals surface area (Å²) in [5.74, 6) is 1.56. The van der Waals surface area contributed by atoms with Crippen LogP contribution in [0.25, 0.3) is 0 Å². The number of nitrogens with one attached hydrogen (secondary N) is 2. The number of rotatable bonds is 5. The molecule has 2 atom stereocenters. The molecule has 19 heavy (non-hydrogen) atoms. The van der Waals surface area contributed by atoms with Gasteiger partial charge in [-0.3, -0.25) is 4.57 Å². The quantitative estimate of drug-likeness (QED) is 0.692. The van der Waals surface area contributed by atoms with Gasteiger partial charge in [0.05, 0.1) is 13.2 Å². The summed E-state index contributed by atoms with van der Waals surface area (Å²) >= 11 is 1.58. The van der Waals surface area contributed by atoms with Crippen molar-refractivity contribution in [3.63, 3.8) is 0 Å². The van der Waals surface area contributed by atoms with Gasteiger partial charge in [0, 0.05) is 18.7 Å². The van der Waals surface area contributed by atoms with E-state index in [4.69, 9.17) is 4.74 Å². The Labute approximate surface area is 117 Å². The van der Waals surface area contributed by atoms with E-state index >= 15 is 0 Å². The molecule has 1 aliphatic heterocycles. The molecule has 0 aliphatic carbocycles. The van der Waals surface area contributed by atoms with Crippen LogP contribution in [0.1, 0.15) is 13.8 Å². The summed E-state index contributed by atoms with van der Waals surface area (Å²) < 4.78 is 7.33. The Morgan fingerprint density at radius 3 is 3.05 bits per heavy atom. The van der Waals surface area contributed by atoms with Crippen molar-refractivity contribution in [1.29, 1.82) is 0 Å². The summed E-state index contributed by atoms with van der Waals surface area (Å²) in [5.41, 5.74) is -0.167. The Kier molecular flexibility index (Phi) is 5.06. The van der Waals surface area contributed by atoms with Crippen molar-refractivity contribution >= 4 is 11.8 Å². The predicted octanol–water partition coefficient (Wildman–Crippen LogP) is -0.860. The van der Waals surface area contributed by atoms with Crippen LogP contribution in [0.2, 0.25) is 0 Å². The van der Waals surface area contributed by atoms with Crippen molar-refractivity contribution in [2.75, 3.05) is 32.0 Å². The minimum Gasteiger partial charge on any atom is -0.366 e. The zero-order valence-corrected chi connectivity index (χ0v) is 12.6. The standard InChI is InChI=1S/C12H22N4O2S/c1-9(2)6-16-4-5-18-10(7-16)8-19-12-14-13-11(17)15(12)3/h9-10H,4-8H2,1-3H3,(H,13,17)/p+1/t10-/m0/s1. The zero-order chi connectivity index (χ0) is 13.8. The maximum absolute atomic E-state index is 11.3. The molecule has 1 aliphatic rings. The number of ether oxygens (including phenoxy) is 1.